The number of nitrogens with zero attached hydrogens (tertiary/aromatic N) is 7. The number of likely N-dealkylation sites (tertiary alicyclic amines) is 1. The van der Waals surface area contributed by atoms with Crippen molar-refractivity contribution in [2.24, 2.45) is 0 Å². The Morgan fingerprint density at radius 2 is 1.58 bits per heavy atom. The highest BCUT2D eigenvalue weighted by Gasteiger charge is 2.35. The first-order chi connectivity index (χ1) is 29.5. The highest BCUT2D eigenvalue weighted by Crippen LogP contribution is 2.34. The predicted molar refractivity (Wildman–Crippen MR) is 229 cm³/mol. The molecule has 2 saturated heterocycles. The maximum absolute atomic E-state index is 13.4. The summed E-state index contributed by atoms with van der Waals surface area (Å²) in [4.78, 5) is 32.8. The molecular weight excluding hydrogens is 763 g/mol. The first kappa shape index (κ1) is 43.2. The van der Waals surface area contributed by atoms with E-state index in [1.54, 1.807) is 4.90 Å². The van der Waals surface area contributed by atoms with Gasteiger partial charge in [-0.25, -0.2) is 14.8 Å². The maximum atomic E-state index is 13.4. The summed E-state index contributed by atoms with van der Waals surface area (Å²) in [7, 11) is 2.16. The van der Waals surface area contributed by atoms with Crippen LogP contribution < -0.4 is 9.80 Å². The number of hydrogen-bond donors (Lipinski definition) is 1. The van der Waals surface area contributed by atoms with E-state index in [1.165, 1.54) is 16.5 Å². The molecule has 1 N–H and O–H groups in total. The van der Waals surface area contributed by atoms with E-state index in [9.17, 15) is 10.1 Å². The van der Waals surface area contributed by atoms with E-state index in [2.05, 4.69) is 70.3 Å². The maximum Gasteiger partial charge on any atom is 0.410 e. The molecule has 0 bridgehead atoms. The lowest BCUT2D eigenvalue weighted by atomic mass is 10.0. The molecule has 0 unspecified atom stereocenters. The van der Waals surface area contributed by atoms with Crippen LogP contribution in [0.5, 0.6) is 0 Å². The minimum absolute atomic E-state index is 0.0145. The molecule has 3 atom stereocenters. The van der Waals surface area contributed by atoms with E-state index in [4.69, 9.17) is 38.8 Å². The average molecular weight is 822 g/mol. The number of aliphatic hydroxyl groups excluding tert-OH is 1. The molecule has 4 heterocycles. The van der Waals surface area contributed by atoms with Gasteiger partial charge in [0.2, 0.25) is 0 Å². The molecule has 1 aromatic heterocycles. The number of rotatable bonds is 20. The van der Waals surface area contributed by atoms with E-state index >= 15 is 0 Å². The third-order valence-corrected chi connectivity index (χ3v) is 11.7. The molecule has 3 aromatic carbocycles. The summed E-state index contributed by atoms with van der Waals surface area (Å²) in [6.07, 6.45) is 3.27. The Morgan fingerprint density at radius 3 is 2.38 bits per heavy atom. The van der Waals surface area contributed by atoms with Crippen molar-refractivity contribution in [1.82, 2.24) is 19.8 Å². The monoisotopic (exact) mass is 821 g/mol. The smallest absolute Gasteiger partial charge is 0.410 e. The van der Waals surface area contributed by atoms with Gasteiger partial charge in [-0.1, -0.05) is 66.7 Å². The summed E-state index contributed by atoms with van der Waals surface area (Å²) < 4.78 is 28.3. The first-order valence-corrected chi connectivity index (χ1v) is 21.4. The van der Waals surface area contributed by atoms with Crippen molar-refractivity contribution >= 4 is 28.4 Å². The van der Waals surface area contributed by atoms with Crippen molar-refractivity contribution < 1.29 is 33.6 Å². The van der Waals surface area contributed by atoms with Gasteiger partial charge in [0, 0.05) is 61.8 Å². The number of piperazine rings is 1. The van der Waals surface area contributed by atoms with Crippen molar-refractivity contribution in [2.45, 2.75) is 63.4 Å². The number of ether oxygens (including phenoxy) is 5. The van der Waals surface area contributed by atoms with Gasteiger partial charge in [-0.05, 0) is 43.3 Å². The van der Waals surface area contributed by atoms with Crippen molar-refractivity contribution in [3.8, 4) is 6.07 Å². The Kier molecular flexibility index (Phi) is 15.9. The molecule has 2 fully saturated rings. The number of aliphatic hydroxyl groups is 1. The molecule has 7 rings (SSSR count). The molecular formula is C46H59N7O7. The predicted octanol–water partition coefficient (Wildman–Crippen LogP) is 5.00. The fourth-order valence-electron chi connectivity index (χ4n) is 8.56. The number of amides is 1. The van der Waals surface area contributed by atoms with Crippen molar-refractivity contribution in [3.63, 3.8) is 0 Å². The fourth-order valence-corrected chi connectivity index (χ4v) is 8.56. The lowest BCUT2D eigenvalue weighted by molar-refractivity contribution is -0.0179. The molecule has 3 aliphatic rings. The van der Waals surface area contributed by atoms with E-state index in [0.29, 0.717) is 78.5 Å². The zero-order valence-electron chi connectivity index (χ0n) is 34.8. The van der Waals surface area contributed by atoms with Gasteiger partial charge in [-0.3, -0.25) is 0 Å². The van der Waals surface area contributed by atoms with E-state index in [1.807, 2.05) is 30.3 Å². The number of hydrogen-bond acceptors (Lipinski definition) is 13. The number of aryl methyl sites for hydroxylation is 1. The number of nitriles is 1. The lowest BCUT2D eigenvalue weighted by Crippen LogP contribution is -2.56. The van der Waals surface area contributed by atoms with Crippen LogP contribution in [0.15, 0.2) is 72.8 Å². The minimum Gasteiger partial charge on any atom is -0.445 e. The molecule has 4 aromatic rings. The summed E-state index contributed by atoms with van der Waals surface area (Å²) in [5.74, 6) is 1.74. The largest absolute Gasteiger partial charge is 0.445 e. The highest BCUT2D eigenvalue weighted by molar-refractivity contribution is 5.94. The van der Waals surface area contributed by atoms with Crippen LogP contribution >= 0.6 is 0 Å². The van der Waals surface area contributed by atoms with Crippen LogP contribution in [0, 0.1) is 11.3 Å². The topological polar surface area (TPSA) is 146 Å². The SMILES string of the molecule is CN1C[C@H](OCCOCCOCCOCCO)C[C@H]1CCc1nc2c(c(N3CCN(C(=O)OCc4ccccc4)[C@@H](CC#N)C3)n1)CCN(c1cccc3ccccc13)C2. The van der Waals surface area contributed by atoms with Gasteiger partial charge >= 0.3 is 6.09 Å². The molecule has 320 valence electrons. The van der Waals surface area contributed by atoms with E-state index in [-0.39, 0.29) is 31.8 Å². The van der Waals surface area contributed by atoms with E-state index in [0.717, 1.165) is 67.2 Å². The minimum atomic E-state index is -0.395. The molecule has 0 aliphatic carbocycles. The molecule has 14 nitrogen and oxygen atoms in total. The summed E-state index contributed by atoms with van der Waals surface area (Å²) in [5.41, 5.74) is 4.32. The van der Waals surface area contributed by atoms with Crippen LogP contribution in [-0.4, -0.2) is 142 Å². The zero-order valence-corrected chi connectivity index (χ0v) is 34.8. The number of carbonyl (C=O) groups is 1. The Labute approximate surface area is 353 Å². The number of fused-ring (bicyclic) bond motifs is 2. The summed E-state index contributed by atoms with van der Waals surface area (Å²) >= 11 is 0. The zero-order chi connectivity index (χ0) is 41.5. The van der Waals surface area contributed by atoms with Crippen molar-refractivity contribution in [2.75, 3.05) is 102 Å². The third-order valence-electron chi connectivity index (χ3n) is 11.7. The van der Waals surface area contributed by atoms with Gasteiger partial charge < -0.3 is 48.4 Å². The second kappa shape index (κ2) is 22.1. The van der Waals surface area contributed by atoms with Gasteiger partial charge in [0.15, 0.2) is 0 Å². The second-order valence-electron chi connectivity index (χ2n) is 15.7. The molecule has 0 saturated carbocycles. The summed E-state index contributed by atoms with van der Waals surface area (Å²) in [6, 6.07) is 27.0. The van der Waals surface area contributed by atoms with Gasteiger partial charge in [0.05, 0.1) is 89.7 Å². The Hall–Kier alpha value is -4.88. The third kappa shape index (κ3) is 11.5. The standard InChI is InChI=1S/C46H59N7O7/c1-50-32-39(59-29-28-58-27-26-57-25-24-56-23-22-54)30-37(50)14-15-44-48-42-33-51(43-13-7-11-36-10-5-6-12-40(36)43)19-17-41(42)45(49-44)52-20-21-53(38(31-52)16-18-47)46(55)60-34-35-8-3-2-4-9-35/h2-13,37-39,54H,14-17,19-34H2,1H3/t37-,38+,39-/m1/s1. The van der Waals surface area contributed by atoms with Crippen molar-refractivity contribution in [3.05, 3.63) is 95.4 Å². The molecule has 3 aliphatic heterocycles. The van der Waals surface area contributed by atoms with Crippen LogP contribution in [0.25, 0.3) is 10.8 Å². The number of carbonyl (C=O) groups excluding carboxylic acids is 1. The van der Waals surface area contributed by atoms with Gasteiger partial charge in [-0.15, -0.1) is 0 Å². The molecule has 14 heteroatoms. The molecule has 0 radical (unpaired) electrons. The molecule has 1 amide bonds. The van der Waals surface area contributed by atoms with Gasteiger partial charge in [0.25, 0.3) is 0 Å². The summed E-state index contributed by atoms with van der Waals surface area (Å²) in [5, 5.41) is 21.1. The van der Waals surface area contributed by atoms with Crippen LogP contribution in [0.2, 0.25) is 0 Å². The number of benzene rings is 3. The number of aromatic nitrogens is 2. The Balaban J connectivity index is 1.00. The average Bonchev–Trinajstić information content (AvgIpc) is 3.64. The molecule has 60 heavy (non-hydrogen) atoms. The van der Waals surface area contributed by atoms with Gasteiger partial charge in [0.1, 0.15) is 18.2 Å². The normalized spacial score (nSPS) is 19.4. The van der Waals surface area contributed by atoms with Crippen molar-refractivity contribution in [1.29, 1.82) is 5.26 Å². The summed E-state index contributed by atoms with van der Waals surface area (Å²) in [6.45, 7) is 7.36. The Bertz CT molecular complexity index is 2010. The van der Waals surface area contributed by atoms with Crippen LogP contribution in [0.1, 0.15) is 41.9 Å². The highest BCUT2D eigenvalue weighted by atomic mass is 16.6. The van der Waals surface area contributed by atoms with Gasteiger partial charge in [-0.2, -0.15) is 5.26 Å². The first-order valence-electron chi connectivity index (χ1n) is 21.4. The lowest BCUT2D eigenvalue weighted by Gasteiger charge is -2.42. The quantitative estimate of drug-likeness (QED) is 0.120. The fraction of sp³-hybridized carbons (Fsp3) is 0.522. The van der Waals surface area contributed by atoms with Crippen LogP contribution in [-0.2, 0) is 49.7 Å². The number of anilines is 2. The van der Waals surface area contributed by atoms with E-state index < -0.39 is 6.09 Å². The molecule has 0 spiro atoms. The number of likely N-dealkylation sites (N-methyl/N-ethyl adjacent to an activating group) is 1. The van der Waals surface area contributed by atoms with Crippen LogP contribution in [0.3, 0.4) is 0 Å². The Morgan fingerprint density at radius 1 is 0.833 bits per heavy atom. The van der Waals surface area contributed by atoms with Crippen LogP contribution in [0.4, 0.5) is 16.3 Å². The second-order valence-corrected chi connectivity index (χ2v) is 15.7.